The molecule has 0 spiro atoms. The highest BCUT2D eigenvalue weighted by atomic mass is 32.1. The lowest BCUT2D eigenvalue weighted by Crippen LogP contribution is -2.28. The van der Waals surface area contributed by atoms with E-state index in [0.29, 0.717) is 11.3 Å². The molecule has 0 aliphatic heterocycles. The first-order chi connectivity index (χ1) is 8.26. The molecule has 3 nitrogen and oxygen atoms in total. The first-order valence-corrected chi connectivity index (χ1v) is 5.97. The zero-order valence-corrected chi connectivity index (χ0v) is 10.1. The fourth-order valence-electron chi connectivity index (χ4n) is 1.65. The lowest BCUT2D eigenvalue weighted by molar-refractivity contribution is 0.410. The number of hydrogen-bond acceptors (Lipinski definition) is 4. The number of benzene rings is 1. The van der Waals surface area contributed by atoms with Crippen LogP contribution in [0.1, 0.15) is 16.5 Å². The van der Waals surface area contributed by atoms with E-state index in [4.69, 9.17) is 10.6 Å². The van der Waals surface area contributed by atoms with Crippen molar-refractivity contribution in [1.82, 2.24) is 5.43 Å². The number of thiophene rings is 1. The Hall–Kier alpha value is -1.43. The van der Waals surface area contributed by atoms with Crippen molar-refractivity contribution in [3.63, 3.8) is 0 Å². The average molecular weight is 252 g/mol. The lowest BCUT2D eigenvalue weighted by Gasteiger charge is -2.16. The summed E-state index contributed by atoms with van der Waals surface area (Å²) in [6.07, 6.45) is 0. The number of nitrogens with one attached hydrogen (secondary N) is 1. The maximum absolute atomic E-state index is 13.9. The highest BCUT2D eigenvalue weighted by molar-refractivity contribution is 7.10. The van der Waals surface area contributed by atoms with E-state index in [1.165, 1.54) is 24.5 Å². The van der Waals surface area contributed by atoms with Crippen LogP contribution in [0.25, 0.3) is 0 Å². The Balaban J connectivity index is 2.38. The summed E-state index contributed by atoms with van der Waals surface area (Å²) in [5.74, 6) is 5.66. The largest absolute Gasteiger partial charge is 0.497 e. The maximum atomic E-state index is 13.9. The summed E-state index contributed by atoms with van der Waals surface area (Å²) in [6.45, 7) is 0. The highest BCUT2D eigenvalue weighted by Gasteiger charge is 2.17. The molecule has 0 aliphatic carbocycles. The van der Waals surface area contributed by atoms with Crippen molar-refractivity contribution in [1.29, 1.82) is 0 Å². The zero-order chi connectivity index (χ0) is 12.3. The molecule has 1 aromatic heterocycles. The molecule has 2 aromatic rings. The number of nitrogens with two attached hydrogens (primary N) is 1. The van der Waals surface area contributed by atoms with Crippen LogP contribution in [0.15, 0.2) is 35.7 Å². The third kappa shape index (κ3) is 2.46. The SMILES string of the molecule is COc1ccc(C(NN)c2cccs2)c(F)c1. The molecule has 0 saturated carbocycles. The lowest BCUT2D eigenvalue weighted by atomic mass is 10.1. The second kappa shape index (κ2) is 5.27. The molecular weight excluding hydrogens is 239 g/mol. The van der Waals surface area contributed by atoms with E-state index in [-0.39, 0.29) is 11.9 Å². The van der Waals surface area contributed by atoms with Gasteiger partial charge in [-0.15, -0.1) is 11.3 Å². The smallest absolute Gasteiger partial charge is 0.132 e. The molecule has 0 fully saturated rings. The Morgan fingerprint density at radius 2 is 2.24 bits per heavy atom. The Morgan fingerprint density at radius 3 is 2.76 bits per heavy atom. The third-order valence-corrected chi connectivity index (χ3v) is 3.45. The molecule has 1 atom stereocenters. The normalized spacial score (nSPS) is 12.4. The number of methoxy groups -OCH3 is 1. The maximum Gasteiger partial charge on any atom is 0.132 e. The summed E-state index contributed by atoms with van der Waals surface area (Å²) in [5.41, 5.74) is 3.14. The van der Waals surface area contributed by atoms with Gasteiger partial charge in [-0.2, -0.15) is 0 Å². The zero-order valence-electron chi connectivity index (χ0n) is 9.31. The summed E-state index contributed by atoms with van der Waals surface area (Å²) >= 11 is 1.53. The van der Waals surface area contributed by atoms with E-state index in [0.717, 1.165) is 4.88 Å². The van der Waals surface area contributed by atoms with E-state index in [2.05, 4.69) is 5.43 Å². The van der Waals surface area contributed by atoms with Gasteiger partial charge >= 0.3 is 0 Å². The third-order valence-electron chi connectivity index (χ3n) is 2.51. The van der Waals surface area contributed by atoms with Gasteiger partial charge in [-0.05, 0) is 17.5 Å². The van der Waals surface area contributed by atoms with Crippen molar-refractivity contribution in [2.75, 3.05) is 7.11 Å². The number of rotatable bonds is 4. The van der Waals surface area contributed by atoms with Gasteiger partial charge in [0.25, 0.3) is 0 Å². The van der Waals surface area contributed by atoms with Gasteiger partial charge in [0.05, 0.1) is 13.2 Å². The Morgan fingerprint density at radius 1 is 1.41 bits per heavy atom. The first kappa shape index (κ1) is 12.0. The second-order valence-electron chi connectivity index (χ2n) is 3.50. The van der Waals surface area contributed by atoms with Gasteiger partial charge in [-0.3, -0.25) is 5.84 Å². The molecular formula is C12H13FN2OS. The highest BCUT2D eigenvalue weighted by Crippen LogP contribution is 2.28. The van der Waals surface area contributed by atoms with Crippen LogP contribution in [0.3, 0.4) is 0 Å². The first-order valence-electron chi connectivity index (χ1n) is 5.09. The van der Waals surface area contributed by atoms with Crippen LogP contribution in [0.2, 0.25) is 0 Å². The van der Waals surface area contributed by atoms with Gasteiger partial charge in [0.2, 0.25) is 0 Å². The molecule has 0 bridgehead atoms. The molecule has 0 aliphatic rings. The minimum absolute atomic E-state index is 0.332. The fraction of sp³-hybridized carbons (Fsp3) is 0.167. The van der Waals surface area contributed by atoms with Crippen LogP contribution in [0.4, 0.5) is 4.39 Å². The summed E-state index contributed by atoms with van der Waals surface area (Å²) in [6, 6.07) is 8.24. The van der Waals surface area contributed by atoms with Crippen LogP contribution in [0, 0.1) is 5.82 Å². The van der Waals surface area contributed by atoms with E-state index < -0.39 is 0 Å². The molecule has 0 amide bonds. The topological polar surface area (TPSA) is 47.3 Å². The van der Waals surface area contributed by atoms with Crippen LogP contribution >= 0.6 is 11.3 Å². The summed E-state index contributed by atoms with van der Waals surface area (Å²) < 4.78 is 18.9. The van der Waals surface area contributed by atoms with E-state index in [1.54, 1.807) is 12.1 Å². The van der Waals surface area contributed by atoms with Gasteiger partial charge in [-0.25, -0.2) is 9.82 Å². The van der Waals surface area contributed by atoms with Crippen LogP contribution in [-0.2, 0) is 0 Å². The molecule has 5 heteroatoms. The minimum atomic E-state index is -0.333. The van der Waals surface area contributed by atoms with E-state index in [9.17, 15) is 4.39 Å². The Bertz CT molecular complexity index is 487. The number of halogens is 1. The Kier molecular flexibility index (Phi) is 3.73. The number of hydrazine groups is 1. The quantitative estimate of drug-likeness (QED) is 0.649. The predicted octanol–water partition coefficient (Wildman–Crippen LogP) is 2.45. The average Bonchev–Trinajstić information content (AvgIpc) is 2.85. The molecule has 0 radical (unpaired) electrons. The van der Waals surface area contributed by atoms with Crippen LogP contribution in [-0.4, -0.2) is 7.11 Å². The predicted molar refractivity (Wildman–Crippen MR) is 66.4 cm³/mol. The van der Waals surface area contributed by atoms with Gasteiger partial charge in [0, 0.05) is 16.5 Å². The van der Waals surface area contributed by atoms with Gasteiger partial charge in [0.15, 0.2) is 0 Å². The second-order valence-corrected chi connectivity index (χ2v) is 4.48. The fourth-order valence-corrected chi connectivity index (χ4v) is 2.45. The van der Waals surface area contributed by atoms with Crippen molar-refractivity contribution in [2.24, 2.45) is 5.84 Å². The van der Waals surface area contributed by atoms with Crippen LogP contribution < -0.4 is 16.0 Å². The van der Waals surface area contributed by atoms with Gasteiger partial charge in [-0.1, -0.05) is 12.1 Å². The Labute approximate surface area is 103 Å². The molecule has 2 rings (SSSR count). The molecule has 17 heavy (non-hydrogen) atoms. The van der Waals surface area contributed by atoms with E-state index >= 15 is 0 Å². The van der Waals surface area contributed by atoms with E-state index in [1.807, 2.05) is 17.5 Å². The van der Waals surface area contributed by atoms with Gasteiger partial charge in [0.1, 0.15) is 11.6 Å². The van der Waals surface area contributed by atoms with Crippen molar-refractivity contribution in [3.05, 3.63) is 52.0 Å². The molecule has 1 aromatic carbocycles. The van der Waals surface area contributed by atoms with Gasteiger partial charge < -0.3 is 4.74 Å². The molecule has 1 heterocycles. The number of hydrogen-bond donors (Lipinski definition) is 2. The van der Waals surface area contributed by atoms with Crippen molar-refractivity contribution in [3.8, 4) is 5.75 Å². The summed E-state index contributed by atoms with van der Waals surface area (Å²) in [4.78, 5) is 0.969. The summed E-state index contributed by atoms with van der Waals surface area (Å²) in [5, 5.41) is 1.93. The van der Waals surface area contributed by atoms with Crippen molar-refractivity contribution < 1.29 is 9.13 Å². The van der Waals surface area contributed by atoms with Crippen molar-refractivity contribution >= 4 is 11.3 Å². The van der Waals surface area contributed by atoms with Crippen molar-refractivity contribution in [2.45, 2.75) is 6.04 Å². The molecule has 90 valence electrons. The number of ether oxygens (including phenoxy) is 1. The molecule has 0 saturated heterocycles. The molecule has 3 N–H and O–H groups in total. The summed E-state index contributed by atoms with van der Waals surface area (Å²) in [7, 11) is 1.51. The monoisotopic (exact) mass is 252 g/mol. The van der Waals surface area contributed by atoms with Crippen LogP contribution in [0.5, 0.6) is 5.75 Å². The minimum Gasteiger partial charge on any atom is -0.497 e. The standard InChI is InChI=1S/C12H13FN2OS/c1-16-8-4-5-9(10(13)7-8)12(15-14)11-3-2-6-17-11/h2-7,12,15H,14H2,1H3. The molecule has 1 unspecified atom stereocenters.